The molecule has 0 aliphatic heterocycles. The number of halogens is 3. The summed E-state index contributed by atoms with van der Waals surface area (Å²) in [4.78, 5) is 12.3. The van der Waals surface area contributed by atoms with Gasteiger partial charge < -0.3 is 0 Å². The molecule has 0 aliphatic carbocycles. The van der Waals surface area contributed by atoms with Crippen LogP contribution in [0, 0.1) is 5.82 Å². The predicted molar refractivity (Wildman–Crippen MR) is 135 cm³/mol. The van der Waals surface area contributed by atoms with Crippen molar-refractivity contribution in [3.8, 4) is 17.1 Å². The van der Waals surface area contributed by atoms with Gasteiger partial charge in [0.2, 0.25) is 0 Å². The number of benzene rings is 3. The number of nitrogens with zero attached hydrogens (tertiary/aromatic N) is 4. The zero-order valence-electron chi connectivity index (χ0n) is 17.0. The molecule has 4 aromatic rings. The van der Waals surface area contributed by atoms with Crippen LogP contribution in [0.1, 0.15) is 5.56 Å². The molecule has 0 saturated carbocycles. The van der Waals surface area contributed by atoms with Crippen LogP contribution in [0.5, 0.6) is 0 Å². The van der Waals surface area contributed by atoms with Crippen molar-refractivity contribution in [2.45, 2.75) is 5.16 Å². The fourth-order valence-corrected chi connectivity index (χ4v) is 4.30. The van der Waals surface area contributed by atoms with Gasteiger partial charge in [0.05, 0.1) is 12.0 Å². The summed E-state index contributed by atoms with van der Waals surface area (Å²) in [5, 5.41) is 13.1. The van der Waals surface area contributed by atoms with Crippen molar-refractivity contribution in [1.82, 2.24) is 20.2 Å². The zero-order valence-corrected chi connectivity index (χ0v) is 20.9. The Morgan fingerprint density at radius 3 is 2.52 bits per heavy atom. The highest BCUT2D eigenvalue weighted by atomic mass is 79.9. The first-order valence-corrected chi connectivity index (χ1v) is 12.2. The minimum Gasteiger partial charge on any atom is -0.272 e. The molecule has 0 bridgehead atoms. The van der Waals surface area contributed by atoms with Crippen molar-refractivity contribution in [1.29, 1.82) is 0 Å². The van der Waals surface area contributed by atoms with E-state index in [-0.39, 0.29) is 17.2 Å². The normalized spacial score (nSPS) is 11.1. The third-order valence-corrected chi connectivity index (χ3v) is 6.38. The van der Waals surface area contributed by atoms with E-state index >= 15 is 0 Å². The van der Waals surface area contributed by atoms with Crippen LogP contribution in [0.25, 0.3) is 17.1 Å². The summed E-state index contributed by atoms with van der Waals surface area (Å²) in [6, 6.07) is 22.0. The molecule has 0 radical (unpaired) electrons. The molecular weight excluding hydrogens is 573 g/mol. The van der Waals surface area contributed by atoms with E-state index in [0.717, 1.165) is 15.7 Å². The van der Waals surface area contributed by atoms with Crippen LogP contribution >= 0.6 is 43.6 Å². The van der Waals surface area contributed by atoms with Crippen LogP contribution in [-0.2, 0) is 4.79 Å². The van der Waals surface area contributed by atoms with E-state index in [1.165, 1.54) is 24.0 Å². The number of nitrogens with one attached hydrogen (secondary N) is 1. The molecule has 6 nitrogen and oxygen atoms in total. The lowest BCUT2D eigenvalue weighted by Gasteiger charge is -2.10. The number of aromatic nitrogens is 3. The second kappa shape index (κ2) is 10.9. The Morgan fingerprint density at radius 2 is 1.76 bits per heavy atom. The zero-order chi connectivity index (χ0) is 23.2. The maximum absolute atomic E-state index is 13.8. The molecule has 0 aliphatic rings. The molecule has 1 N–H and O–H groups in total. The molecule has 3 aromatic carbocycles. The Balaban J connectivity index is 1.50. The monoisotopic (exact) mass is 587 g/mol. The number of rotatable bonds is 7. The highest BCUT2D eigenvalue weighted by Gasteiger charge is 2.17. The highest BCUT2D eigenvalue weighted by molar-refractivity contribution is 9.10. The number of carbonyl (C=O) groups excluding carboxylic acids is 1. The van der Waals surface area contributed by atoms with Gasteiger partial charge in [-0.1, -0.05) is 74.0 Å². The molecular formula is C23H16Br2FN5OS. The molecule has 1 aromatic heterocycles. The topological polar surface area (TPSA) is 72.2 Å². The molecule has 0 saturated heterocycles. The van der Waals surface area contributed by atoms with Crippen LogP contribution in [0.2, 0.25) is 0 Å². The van der Waals surface area contributed by atoms with Gasteiger partial charge >= 0.3 is 0 Å². The van der Waals surface area contributed by atoms with E-state index in [9.17, 15) is 9.18 Å². The summed E-state index contributed by atoms with van der Waals surface area (Å²) in [7, 11) is 0. The predicted octanol–water partition coefficient (Wildman–Crippen LogP) is 5.84. The molecule has 0 atom stereocenters. The first-order valence-electron chi connectivity index (χ1n) is 9.68. The number of hydrazone groups is 1. The van der Waals surface area contributed by atoms with Gasteiger partial charge in [0.1, 0.15) is 5.82 Å². The second-order valence-corrected chi connectivity index (χ2v) is 9.51. The summed E-state index contributed by atoms with van der Waals surface area (Å²) in [6.07, 6.45) is 1.26. The van der Waals surface area contributed by atoms with Crippen LogP contribution in [-0.4, -0.2) is 32.6 Å². The van der Waals surface area contributed by atoms with Crippen molar-refractivity contribution >= 4 is 55.7 Å². The Labute approximate surface area is 210 Å². The standard InChI is InChI=1S/C23H16Br2FN5OS/c24-17-6-9-19(10-7-17)31-22(15-4-2-1-3-5-15)29-30-23(31)33-14-21(32)28-27-13-16-12-18(25)8-11-20(16)26/h1-13H,14H2,(H,28,32)/b27-13+. The van der Waals surface area contributed by atoms with Gasteiger partial charge in [-0.25, -0.2) is 9.82 Å². The van der Waals surface area contributed by atoms with Crippen molar-refractivity contribution in [2.24, 2.45) is 5.10 Å². The van der Waals surface area contributed by atoms with Gasteiger partial charge in [-0.05, 0) is 42.5 Å². The SMILES string of the molecule is O=C(CSc1nnc(-c2ccccc2)n1-c1ccc(Br)cc1)N/N=C/c1cc(Br)ccc1F. The molecule has 0 unspecified atom stereocenters. The fraction of sp³-hybridized carbons (Fsp3) is 0.0435. The summed E-state index contributed by atoms with van der Waals surface area (Å²) in [5.74, 6) is -0.0502. The molecule has 0 spiro atoms. The molecule has 1 amide bonds. The average Bonchev–Trinajstić information content (AvgIpc) is 3.25. The van der Waals surface area contributed by atoms with Crippen molar-refractivity contribution < 1.29 is 9.18 Å². The molecule has 166 valence electrons. The third kappa shape index (κ3) is 5.95. The Kier molecular flexibility index (Phi) is 7.69. The number of hydrogen-bond donors (Lipinski definition) is 1. The van der Waals surface area contributed by atoms with E-state index in [2.05, 4.69) is 52.6 Å². The van der Waals surface area contributed by atoms with E-state index < -0.39 is 5.82 Å². The van der Waals surface area contributed by atoms with Gasteiger partial charge in [0.25, 0.3) is 5.91 Å². The van der Waals surface area contributed by atoms with Gasteiger partial charge in [-0.15, -0.1) is 10.2 Å². The lowest BCUT2D eigenvalue weighted by molar-refractivity contribution is -0.118. The minimum absolute atomic E-state index is 0.0573. The van der Waals surface area contributed by atoms with Crippen molar-refractivity contribution in [3.63, 3.8) is 0 Å². The second-order valence-electron chi connectivity index (χ2n) is 6.73. The maximum Gasteiger partial charge on any atom is 0.250 e. The third-order valence-electron chi connectivity index (χ3n) is 4.43. The van der Waals surface area contributed by atoms with E-state index in [1.54, 1.807) is 12.1 Å². The van der Waals surface area contributed by atoms with Crippen LogP contribution in [0.3, 0.4) is 0 Å². The van der Waals surface area contributed by atoms with Crippen LogP contribution < -0.4 is 5.43 Å². The number of hydrogen-bond acceptors (Lipinski definition) is 5. The summed E-state index contributed by atoms with van der Waals surface area (Å²) in [6.45, 7) is 0. The summed E-state index contributed by atoms with van der Waals surface area (Å²) in [5.41, 5.74) is 4.46. The largest absolute Gasteiger partial charge is 0.272 e. The van der Waals surface area contributed by atoms with E-state index in [4.69, 9.17) is 0 Å². The lowest BCUT2D eigenvalue weighted by Crippen LogP contribution is -2.20. The first-order chi connectivity index (χ1) is 16.0. The van der Waals surface area contributed by atoms with E-state index in [1.807, 2.05) is 59.2 Å². The molecule has 1 heterocycles. The molecule has 10 heteroatoms. The Morgan fingerprint density at radius 1 is 1.03 bits per heavy atom. The first kappa shape index (κ1) is 23.3. The fourth-order valence-electron chi connectivity index (χ4n) is 2.91. The summed E-state index contributed by atoms with van der Waals surface area (Å²) < 4.78 is 17.4. The molecule has 0 fully saturated rings. The lowest BCUT2D eigenvalue weighted by atomic mass is 10.2. The summed E-state index contributed by atoms with van der Waals surface area (Å²) >= 11 is 7.96. The van der Waals surface area contributed by atoms with Gasteiger partial charge in [0, 0.05) is 25.8 Å². The van der Waals surface area contributed by atoms with Crippen LogP contribution in [0.15, 0.2) is 92.0 Å². The minimum atomic E-state index is -0.429. The van der Waals surface area contributed by atoms with Crippen LogP contribution in [0.4, 0.5) is 4.39 Å². The van der Waals surface area contributed by atoms with Gasteiger partial charge in [-0.2, -0.15) is 5.10 Å². The van der Waals surface area contributed by atoms with Crippen molar-refractivity contribution in [2.75, 3.05) is 5.75 Å². The quantitative estimate of drug-likeness (QED) is 0.167. The maximum atomic E-state index is 13.8. The highest BCUT2D eigenvalue weighted by Crippen LogP contribution is 2.28. The van der Waals surface area contributed by atoms with E-state index in [0.29, 0.717) is 15.5 Å². The average molecular weight is 589 g/mol. The van der Waals surface area contributed by atoms with Gasteiger partial charge in [0.15, 0.2) is 11.0 Å². The molecule has 4 rings (SSSR count). The number of carbonyl (C=O) groups is 1. The smallest absolute Gasteiger partial charge is 0.250 e. The number of amides is 1. The number of thioether (sulfide) groups is 1. The molecule has 33 heavy (non-hydrogen) atoms. The van der Waals surface area contributed by atoms with Crippen molar-refractivity contribution in [3.05, 3.63) is 93.1 Å². The Bertz CT molecular complexity index is 1300. The Hall–Kier alpha value is -2.82. The van der Waals surface area contributed by atoms with Gasteiger partial charge in [-0.3, -0.25) is 9.36 Å².